The topological polar surface area (TPSA) is 194 Å². The Morgan fingerprint density at radius 2 is 1.78 bits per heavy atom. The first-order valence-electron chi connectivity index (χ1n) is 24.3. The highest BCUT2D eigenvalue weighted by atomic mass is 79.9. The number of allylic oxidation sites excluding steroid dienone is 2. The van der Waals surface area contributed by atoms with Crippen LogP contribution in [0, 0.1) is 11.8 Å². The van der Waals surface area contributed by atoms with Crippen molar-refractivity contribution in [3.63, 3.8) is 0 Å². The minimum absolute atomic E-state index is 0.0830. The molecule has 4 saturated heterocycles. The van der Waals surface area contributed by atoms with Crippen molar-refractivity contribution in [2.75, 3.05) is 14.2 Å². The molecule has 378 valence electrons. The van der Waals surface area contributed by atoms with Crippen LogP contribution in [-0.4, -0.2) is 118 Å². The number of fused-ring (bicyclic) bond motifs is 9. The van der Waals surface area contributed by atoms with Crippen molar-refractivity contribution in [2.45, 2.75) is 177 Å². The third-order valence-electron chi connectivity index (χ3n) is 13.9. The van der Waals surface area contributed by atoms with Crippen LogP contribution in [0.3, 0.4) is 0 Å². The quantitative estimate of drug-likeness (QED) is 0.104. The Morgan fingerprint density at radius 1 is 0.986 bits per heavy atom. The van der Waals surface area contributed by atoms with Gasteiger partial charge in [0.25, 0.3) is 0 Å². The van der Waals surface area contributed by atoms with Crippen molar-refractivity contribution >= 4 is 34.1 Å². The van der Waals surface area contributed by atoms with E-state index in [4.69, 9.17) is 52.0 Å². The largest absolute Gasteiger partial charge is 0.458 e. The maximum atomic E-state index is 13.6. The van der Waals surface area contributed by atoms with Crippen LogP contribution in [0.2, 0.25) is 0 Å². The Morgan fingerprint density at radius 3 is 2.57 bits per heavy atom. The molecule has 0 radical (unpaired) electrons. The molecule has 0 aromatic carbocycles. The molecule has 0 aliphatic carbocycles. The molecule has 2 aromatic rings. The number of carbonyl (C=O) groups is 1. The standard InChI is InChI=1S/C53H71BrN2O13/c1-31(16-17-38(61-6)12-10-18-54)21-44(58)47-26-42(62-7)27-53(60,69-47)28-49-55-36(29-63-49)22-33(3)51-35(5)52-34(4)45(67-51)13-9-14-48-56-43(30-64-48)46-24-37(57)23-41(66-46)25-40-20-32(2)19-39(65-40)11-8-15-50(59)68-52/h8-10,14-18,21-22,29-30,34-35,37-42,44-47,51-52,57-58,60H,2,11-13,19-20,23-28H2,1,3-7H3/b14-9+,15-8-,17-16+,18-10+,31-21+,33-22+/t34-,35-,37+,38?,39?,40+,41-,42?,44?,45+,46+,47?,51-,52-,53?/m1/s1. The predicted octanol–water partition coefficient (Wildman–Crippen LogP) is 8.76. The summed E-state index contributed by atoms with van der Waals surface area (Å²) < 4.78 is 55.2. The number of halogens is 1. The van der Waals surface area contributed by atoms with Gasteiger partial charge in [0.05, 0.1) is 67.5 Å². The third kappa shape index (κ3) is 14.6. The zero-order chi connectivity index (χ0) is 49.2. The summed E-state index contributed by atoms with van der Waals surface area (Å²) >= 11 is 3.28. The van der Waals surface area contributed by atoms with E-state index in [1.807, 2.05) is 64.2 Å². The number of nitrogens with zero attached hydrogens (tertiary/aromatic N) is 2. The van der Waals surface area contributed by atoms with Crippen LogP contribution in [0.4, 0.5) is 0 Å². The zero-order valence-corrected chi connectivity index (χ0v) is 42.3. The van der Waals surface area contributed by atoms with Gasteiger partial charge in [0, 0.05) is 57.8 Å². The SMILES string of the molecule is C=C1CC2C/C=C\C(=O)O[C@@H]3[C@H](C)[C@H](C/C=C/c4nc(co4)[C@@H]4C[C@@H](O)C[C@H](C[C@H](C1)O2)O4)O[C@H](/C(C)=C/c1coc(CC2(O)CC(OC)CC(C(O)/C=C(C)/C=C/C(C/C=C/Br)OC)O2)n1)[C@H]3C. The summed E-state index contributed by atoms with van der Waals surface area (Å²) in [6.07, 6.45) is 19.5. The van der Waals surface area contributed by atoms with Crippen LogP contribution in [0.25, 0.3) is 12.2 Å². The fourth-order valence-electron chi connectivity index (χ4n) is 10.4. The highest BCUT2D eigenvalue weighted by Crippen LogP contribution is 2.40. The molecule has 5 aliphatic rings. The molecule has 15 nitrogen and oxygen atoms in total. The molecule has 8 bridgehead atoms. The van der Waals surface area contributed by atoms with Gasteiger partial charge in [-0.1, -0.05) is 84.0 Å². The number of aliphatic hydroxyl groups is 3. The maximum Gasteiger partial charge on any atom is 0.330 e. The van der Waals surface area contributed by atoms with Gasteiger partial charge in [-0.05, 0) is 75.1 Å². The molecule has 4 fully saturated rings. The van der Waals surface area contributed by atoms with Crippen molar-refractivity contribution in [1.29, 1.82) is 0 Å². The third-order valence-corrected chi connectivity index (χ3v) is 14.2. The summed E-state index contributed by atoms with van der Waals surface area (Å²) in [5.41, 5.74) is 3.86. The summed E-state index contributed by atoms with van der Waals surface area (Å²) in [4.78, 5) is 24.8. The number of esters is 1. The molecular weight excluding hydrogens is 952 g/mol. The summed E-state index contributed by atoms with van der Waals surface area (Å²) in [5.74, 6) is -1.95. The van der Waals surface area contributed by atoms with Gasteiger partial charge in [-0.2, -0.15) is 0 Å². The molecule has 6 unspecified atom stereocenters. The van der Waals surface area contributed by atoms with Crippen LogP contribution >= 0.6 is 15.9 Å². The fraction of sp³-hybridized carbons (Fsp3) is 0.604. The second-order valence-electron chi connectivity index (χ2n) is 19.5. The van der Waals surface area contributed by atoms with Gasteiger partial charge in [0.1, 0.15) is 36.1 Å². The Balaban J connectivity index is 1.06. The van der Waals surface area contributed by atoms with E-state index in [0.29, 0.717) is 75.1 Å². The molecule has 2 aromatic heterocycles. The molecule has 16 heteroatoms. The second-order valence-corrected chi connectivity index (χ2v) is 20.0. The molecule has 0 saturated carbocycles. The average Bonchev–Trinajstić information content (AvgIpc) is 3.96. The Bertz CT molecular complexity index is 2210. The number of methoxy groups -OCH3 is 2. The molecule has 7 heterocycles. The molecule has 3 N–H and O–H groups in total. The normalized spacial score (nSPS) is 36.1. The van der Waals surface area contributed by atoms with Crippen LogP contribution in [-0.2, 0) is 44.4 Å². The number of hydrogen-bond acceptors (Lipinski definition) is 15. The van der Waals surface area contributed by atoms with E-state index < -0.39 is 48.4 Å². The van der Waals surface area contributed by atoms with Crippen molar-refractivity contribution in [3.8, 4) is 0 Å². The summed E-state index contributed by atoms with van der Waals surface area (Å²) in [7, 11) is 3.22. The van der Waals surface area contributed by atoms with E-state index in [9.17, 15) is 20.1 Å². The van der Waals surface area contributed by atoms with Crippen LogP contribution in [0.1, 0.15) is 121 Å². The van der Waals surface area contributed by atoms with Gasteiger partial charge in [-0.25, -0.2) is 14.8 Å². The van der Waals surface area contributed by atoms with Gasteiger partial charge in [0.15, 0.2) is 11.7 Å². The molecular formula is C53H71BrN2O13. The smallest absolute Gasteiger partial charge is 0.330 e. The molecule has 0 amide bonds. The lowest BCUT2D eigenvalue weighted by Gasteiger charge is -2.44. The number of hydrogen-bond donors (Lipinski definition) is 3. The highest BCUT2D eigenvalue weighted by Gasteiger charge is 2.45. The summed E-state index contributed by atoms with van der Waals surface area (Å²) in [6.45, 7) is 12.2. The highest BCUT2D eigenvalue weighted by molar-refractivity contribution is 9.11. The molecule has 7 rings (SSSR count). The average molecular weight is 1020 g/mol. The zero-order valence-electron chi connectivity index (χ0n) is 40.7. The van der Waals surface area contributed by atoms with E-state index in [-0.39, 0.29) is 67.2 Å². The fourth-order valence-corrected chi connectivity index (χ4v) is 10.6. The number of ether oxygens (including phenoxy) is 7. The van der Waals surface area contributed by atoms with Gasteiger partial charge < -0.3 is 57.3 Å². The first-order valence-corrected chi connectivity index (χ1v) is 25.2. The second kappa shape index (κ2) is 24.5. The van der Waals surface area contributed by atoms with E-state index in [1.54, 1.807) is 37.6 Å². The minimum atomic E-state index is -1.73. The summed E-state index contributed by atoms with van der Waals surface area (Å²) in [5, 5.41) is 33.9. The number of aromatic nitrogens is 2. The lowest BCUT2D eigenvalue weighted by atomic mass is 9.79. The van der Waals surface area contributed by atoms with E-state index >= 15 is 0 Å². The molecule has 69 heavy (non-hydrogen) atoms. The number of oxazole rings is 2. The van der Waals surface area contributed by atoms with E-state index in [2.05, 4.69) is 22.5 Å². The van der Waals surface area contributed by atoms with Crippen LogP contribution in [0.15, 0.2) is 92.2 Å². The van der Waals surface area contributed by atoms with Gasteiger partial charge in [-0.15, -0.1) is 0 Å². The van der Waals surface area contributed by atoms with Crippen molar-refractivity contribution in [2.24, 2.45) is 11.8 Å². The number of rotatable bonds is 12. The van der Waals surface area contributed by atoms with Crippen molar-refractivity contribution in [1.82, 2.24) is 9.97 Å². The first kappa shape index (κ1) is 53.0. The minimum Gasteiger partial charge on any atom is -0.458 e. The maximum absolute atomic E-state index is 13.6. The van der Waals surface area contributed by atoms with E-state index in [1.165, 1.54) is 12.3 Å². The lowest BCUT2D eigenvalue weighted by molar-refractivity contribution is -0.286. The van der Waals surface area contributed by atoms with Crippen LogP contribution in [0.5, 0.6) is 0 Å². The number of carbonyl (C=O) groups excluding carboxylic acids is 1. The Kier molecular flexibility index (Phi) is 18.9. The first-order chi connectivity index (χ1) is 33.1. The predicted molar refractivity (Wildman–Crippen MR) is 261 cm³/mol. The molecule has 15 atom stereocenters. The Labute approximate surface area is 414 Å². The van der Waals surface area contributed by atoms with Gasteiger partial charge in [-0.3, -0.25) is 0 Å². The number of aliphatic hydroxyl groups excluding tert-OH is 2. The summed E-state index contributed by atoms with van der Waals surface area (Å²) in [6, 6.07) is 0. The van der Waals surface area contributed by atoms with Crippen LogP contribution < -0.4 is 0 Å². The van der Waals surface area contributed by atoms with Gasteiger partial charge in [0.2, 0.25) is 5.89 Å². The van der Waals surface area contributed by atoms with Crippen molar-refractivity contribution in [3.05, 3.63) is 107 Å². The molecule has 0 spiro atoms. The van der Waals surface area contributed by atoms with E-state index in [0.717, 1.165) is 16.7 Å². The van der Waals surface area contributed by atoms with Gasteiger partial charge >= 0.3 is 5.97 Å². The van der Waals surface area contributed by atoms with Crippen molar-refractivity contribution < 1.29 is 62.1 Å². The molecule has 5 aliphatic heterocycles. The Hall–Kier alpha value is -3.81. The monoisotopic (exact) mass is 1020 g/mol. The lowest BCUT2D eigenvalue weighted by Crippen LogP contribution is -2.51.